The molecular weight excluding hydrogens is 256 g/mol. The maximum atomic E-state index is 11.8. The Morgan fingerprint density at radius 1 is 1.39 bits per heavy atom. The predicted molar refractivity (Wildman–Crippen MR) is 71.0 cm³/mol. The Hall–Kier alpha value is -1.11. The number of aliphatic carboxylic acids is 1. The van der Waals surface area contributed by atoms with Gasteiger partial charge in [-0.1, -0.05) is 0 Å². The summed E-state index contributed by atoms with van der Waals surface area (Å²) < 4.78 is 11.1. The summed E-state index contributed by atoms with van der Waals surface area (Å²) in [7, 11) is -0.989. The number of carbonyl (C=O) groups is 2. The zero-order chi connectivity index (χ0) is 14.3. The molecule has 0 aromatic heterocycles. The summed E-state index contributed by atoms with van der Waals surface area (Å²) in [6, 6.07) is -0.682. The molecular formula is C11H22N2O4S. The molecule has 0 rings (SSSR count). The lowest BCUT2D eigenvalue weighted by molar-refractivity contribution is -0.138. The Kier molecular flexibility index (Phi) is 7.58. The van der Waals surface area contributed by atoms with Gasteiger partial charge >= 0.3 is 12.0 Å². The van der Waals surface area contributed by atoms with E-state index in [0.29, 0.717) is 13.1 Å². The first-order chi connectivity index (χ1) is 8.29. The third kappa shape index (κ3) is 6.00. The van der Waals surface area contributed by atoms with E-state index in [9.17, 15) is 13.8 Å². The largest absolute Gasteiger partial charge is 0.481 e. The van der Waals surface area contributed by atoms with Crippen LogP contribution in [-0.2, 0) is 15.6 Å². The SMILES string of the molecule is CCN(C(=O)NCC(C)S(C)=O)C(C)CC(=O)O. The van der Waals surface area contributed by atoms with Gasteiger partial charge in [0, 0.05) is 41.4 Å². The van der Waals surface area contributed by atoms with E-state index in [4.69, 9.17) is 5.11 Å². The number of carboxylic acids is 1. The molecule has 3 atom stereocenters. The minimum Gasteiger partial charge on any atom is -0.481 e. The molecule has 0 aromatic carbocycles. The molecule has 2 amide bonds. The van der Waals surface area contributed by atoms with Crippen molar-refractivity contribution in [2.24, 2.45) is 0 Å². The second-order valence-corrected chi connectivity index (χ2v) is 6.03. The summed E-state index contributed by atoms with van der Waals surface area (Å²) in [6.07, 6.45) is 1.50. The molecule has 0 aliphatic heterocycles. The van der Waals surface area contributed by atoms with Gasteiger partial charge in [0.1, 0.15) is 0 Å². The van der Waals surface area contributed by atoms with Crippen LogP contribution < -0.4 is 5.32 Å². The summed E-state index contributed by atoms with van der Waals surface area (Å²) in [5.74, 6) is -0.934. The molecule has 0 aromatic rings. The lowest BCUT2D eigenvalue weighted by atomic mass is 10.2. The van der Waals surface area contributed by atoms with Crippen LogP contribution in [0, 0.1) is 0 Å². The Bertz CT molecular complexity index is 322. The van der Waals surface area contributed by atoms with Crippen molar-refractivity contribution >= 4 is 22.8 Å². The molecule has 7 heteroatoms. The summed E-state index contributed by atoms with van der Waals surface area (Å²) in [5.41, 5.74) is 0. The Morgan fingerprint density at radius 3 is 2.33 bits per heavy atom. The van der Waals surface area contributed by atoms with Crippen molar-refractivity contribution in [2.75, 3.05) is 19.3 Å². The minimum absolute atomic E-state index is 0.0868. The van der Waals surface area contributed by atoms with E-state index in [2.05, 4.69) is 5.32 Å². The first-order valence-electron chi connectivity index (χ1n) is 5.88. The number of urea groups is 1. The monoisotopic (exact) mass is 278 g/mol. The van der Waals surface area contributed by atoms with Gasteiger partial charge in [-0.05, 0) is 20.8 Å². The zero-order valence-electron chi connectivity index (χ0n) is 11.3. The first-order valence-corrected chi connectivity index (χ1v) is 7.50. The molecule has 0 heterocycles. The van der Waals surface area contributed by atoms with Crippen LogP contribution in [0.3, 0.4) is 0 Å². The van der Waals surface area contributed by atoms with Crippen molar-refractivity contribution < 1.29 is 18.9 Å². The van der Waals surface area contributed by atoms with Crippen LogP contribution in [-0.4, -0.2) is 56.9 Å². The van der Waals surface area contributed by atoms with Crippen molar-refractivity contribution in [2.45, 2.75) is 38.5 Å². The van der Waals surface area contributed by atoms with E-state index < -0.39 is 16.8 Å². The molecule has 0 aliphatic rings. The highest BCUT2D eigenvalue weighted by Gasteiger charge is 2.21. The van der Waals surface area contributed by atoms with Gasteiger partial charge in [-0.2, -0.15) is 0 Å². The van der Waals surface area contributed by atoms with Crippen LogP contribution in [0.25, 0.3) is 0 Å². The van der Waals surface area contributed by atoms with E-state index in [-0.39, 0.29) is 23.7 Å². The third-order valence-electron chi connectivity index (χ3n) is 2.71. The standard InChI is InChI=1S/C11H22N2O4S/c1-5-13(8(2)6-10(14)15)11(16)12-7-9(3)18(4)17/h8-9H,5-7H2,1-4H3,(H,12,16)(H,14,15). The smallest absolute Gasteiger partial charge is 0.317 e. The number of carbonyl (C=O) groups excluding carboxylic acids is 1. The lowest BCUT2D eigenvalue weighted by Gasteiger charge is -2.27. The Balaban J connectivity index is 4.35. The normalized spacial score (nSPS) is 15.6. The number of hydrogen-bond donors (Lipinski definition) is 2. The molecule has 0 radical (unpaired) electrons. The minimum atomic E-state index is -0.989. The zero-order valence-corrected chi connectivity index (χ0v) is 12.1. The first kappa shape index (κ1) is 16.9. The molecule has 6 nitrogen and oxygen atoms in total. The molecule has 0 bridgehead atoms. The number of amides is 2. The molecule has 0 spiro atoms. The molecule has 2 N–H and O–H groups in total. The van der Waals surface area contributed by atoms with Crippen LogP contribution in [0.2, 0.25) is 0 Å². The van der Waals surface area contributed by atoms with Crippen LogP contribution in [0.5, 0.6) is 0 Å². The van der Waals surface area contributed by atoms with E-state index in [1.165, 1.54) is 4.90 Å². The van der Waals surface area contributed by atoms with Crippen LogP contribution >= 0.6 is 0 Å². The number of nitrogens with one attached hydrogen (secondary N) is 1. The molecule has 0 saturated carbocycles. The van der Waals surface area contributed by atoms with E-state index in [1.54, 1.807) is 27.0 Å². The Morgan fingerprint density at radius 2 is 1.94 bits per heavy atom. The molecule has 0 fully saturated rings. The molecule has 3 unspecified atom stereocenters. The van der Waals surface area contributed by atoms with Crippen molar-refractivity contribution in [1.29, 1.82) is 0 Å². The van der Waals surface area contributed by atoms with Crippen molar-refractivity contribution in [3.63, 3.8) is 0 Å². The second-order valence-electron chi connectivity index (χ2n) is 4.23. The quantitative estimate of drug-likeness (QED) is 0.716. The van der Waals surface area contributed by atoms with Gasteiger partial charge in [0.15, 0.2) is 0 Å². The predicted octanol–water partition coefficient (Wildman–Crippen LogP) is 0.648. The van der Waals surface area contributed by atoms with Gasteiger partial charge in [0.2, 0.25) is 0 Å². The average molecular weight is 278 g/mol. The second kappa shape index (κ2) is 8.07. The summed E-state index contributed by atoms with van der Waals surface area (Å²) in [6.45, 7) is 6.02. The highest BCUT2D eigenvalue weighted by molar-refractivity contribution is 7.84. The van der Waals surface area contributed by atoms with Gasteiger partial charge < -0.3 is 15.3 Å². The van der Waals surface area contributed by atoms with Gasteiger partial charge in [-0.15, -0.1) is 0 Å². The third-order valence-corrected chi connectivity index (χ3v) is 4.01. The summed E-state index contributed by atoms with van der Waals surface area (Å²) in [4.78, 5) is 23.9. The van der Waals surface area contributed by atoms with E-state index in [1.807, 2.05) is 0 Å². The number of nitrogens with zero attached hydrogens (tertiary/aromatic N) is 1. The molecule has 18 heavy (non-hydrogen) atoms. The summed E-state index contributed by atoms with van der Waals surface area (Å²) >= 11 is 0. The fourth-order valence-electron chi connectivity index (χ4n) is 1.47. The fourth-order valence-corrected chi connectivity index (χ4v) is 1.79. The average Bonchev–Trinajstić information content (AvgIpc) is 2.25. The highest BCUT2D eigenvalue weighted by Crippen LogP contribution is 2.04. The molecule has 0 saturated heterocycles. The maximum absolute atomic E-state index is 11.8. The van der Waals surface area contributed by atoms with Crippen molar-refractivity contribution in [3.8, 4) is 0 Å². The summed E-state index contributed by atoms with van der Waals surface area (Å²) in [5, 5.41) is 11.2. The van der Waals surface area contributed by atoms with Crippen LogP contribution in [0.1, 0.15) is 27.2 Å². The fraction of sp³-hybridized carbons (Fsp3) is 0.818. The van der Waals surface area contributed by atoms with E-state index in [0.717, 1.165) is 0 Å². The maximum Gasteiger partial charge on any atom is 0.317 e. The topological polar surface area (TPSA) is 86.7 Å². The number of rotatable bonds is 7. The number of carboxylic acid groups (broad SMARTS) is 1. The Labute approximate surface area is 110 Å². The van der Waals surface area contributed by atoms with Gasteiger partial charge in [0.25, 0.3) is 0 Å². The highest BCUT2D eigenvalue weighted by atomic mass is 32.2. The van der Waals surface area contributed by atoms with Gasteiger partial charge in [-0.25, -0.2) is 4.79 Å². The van der Waals surface area contributed by atoms with Gasteiger partial charge in [-0.3, -0.25) is 9.00 Å². The van der Waals surface area contributed by atoms with Gasteiger partial charge in [0.05, 0.1) is 6.42 Å². The van der Waals surface area contributed by atoms with Crippen molar-refractivity contribution in [3.05, 3.63) is 0 Å². The van der Waals surface area contributed by atoms with Crippen LogP contribution in [0.4, 0.5) is 4.79 Å². The van der Waals surface area contributed by atoms with E-state index >= 15 is 0 Å². The lowest BCUT2D eigenvalue weighted by Crippen LogP contribution is -2.47. The number of hydrogen-bond acceptors (Lipinski definition) is 3. The molecule has 106 valence electrons. The molecule has 0 aliphatic carbocycles. The van der Waals surface area contributed by atoms with Crippen molar-refractivity contribution in [1.82, 2.24) is 10.2 Å². The van der Waals surface area contributed by atoms with Crippen LogP contribution in [0.15, 0.2) is 0 Å².